The van der Waals surface area contributed by atoms with Crippen LogP contribution in [0.2, 0.25) is 0 Å². The maximum absolute atomic E-state index is 8.99. The van der Waals surface area contributed by atoms with E-state index in [0.29, 0.717) is 22.4 Å². The smallest absolute Gasteiger partial charge is 0.182 e. The number of aliphatic hydroxyl groups is 1. The van der Waals surface area contributed by atoms with E-state index < -0.39 is 0 Å². The van der Waals surface area contributed by atoms with Crippen LogP contribution in [0.15, 0.2) is 22.9 Å². The lowest BCUT2D eigenvalue weighted by Gasteiger charge is -2.01. The quantitative estimate of drug-likeness (QED) is 0.755. The molecule has 4 nitrogen and oxygen atoms in total. The van der Waals surface area contributed by atoms with E-state index in [2.05, 4.69) is 4.98 Å². The minimum Gasteiger partial charge on any atom is -0.494 e. The fourth-order valence-corrected chi connectivity index (χ4v) is 1.27. The molecule has 13 heavy (non-hydrogen) atoms. The summed E-state index contributed by atoms with van der Waals surface area (Å²) in [6.07, 6.45) is 1.34. The van der Waals surface area contributed by atoms with Crippen LogP contribution in [0, 0.1) is 0 Å². The predicted molar refractivity (Wildman–Crippen MR) is 46.5 cm³/mol. The number of methoxy groups -OCH3 is 1. The molecule has 0 atom stereocenters. The molecule has 68 valence electrons. The number of fused-ring (bicyclic) bond motifs is 1. The van der Waals surface area contributed by atoms with Gasteiger partial charge in [0.2, 0.25) is 0 Å². The van der Waals surface area contributed by atoms with Gasteiger partial charge in [0.05, 0.1) is 13.7 Å². The van der Waals surface area contributed by atoms with Gasteiger partial charge in [-0.15, -0.1) is 0 Å². The first-order valence-electron chi connectivity index (χ1n) is 3.86. The van der Waals surface area contributed by atoms with Gasteiger partial charge in [0.25, 0.3) is 0 Å². The first-order chi connectivity index (χ1) is 6.36. The number of aliphatic hydroxyl groups excluding tert-OH is 1. The number of aromatic nitrogens is 1. The summed E-state index contributed by atoms with van der Waals surface area (Å²) in [5.74, 6) is 0.654. The fourth-order valence-electron chi connectivity index (χ4n) is 1.27. The first-order valence-corrected chi connectivity index (χ1v) is 3.86. The second-order valence-corrected chi connectivity index (χ2v) is 2.62. The number of ether oxygens (including phenoxy) is 1. The van der Waals surface area contributed by atoms with E-state index in [0.717, 1.165) is 0 Å². The van der Waals surface area contributed by atoms with Crippen molar-refractivity contribution in [2.75, 3.05) is 7.11 Å². The molecule has 0 unspecified atom stereocenters. The monoisotopic (exact) mass is 179 g/mol. The highest BCUT2D eigenvalue weighted by atomic mass is 16.5. The average Bonchev–Trinajstić information content (AvgIpc) is 2.64. The summed E-state index contributed by atoms with van der Waals surface area (Å²) in [4.78, 5) is 4.00. The van der Waals surface area contributed by atoms with Crippen molar-refractivity contribution < 1.29 is 14.3 Å². The average molecular weight is 179 g/mol. The summed E-state index contributed by atoms with van der Waals surface area (Å²) in [5, 5.41) is 8.99. The molecule has 1 heterocycles. The summed E-state index contributed by atoms with van der Waals surface area (Å²) in [5.41, 5.74) is 1.95. The first kappa shape index (κ1) is 8.07. The zero-order valence-corrected chi connectivity index (χ0v) is 7.15. The second-order valence-electron chi connectivity index (χ2n) is 2.62. The molecule has 0 bridgehead atoms. The van der Waals surface area contributed by atoms with Crippen LogP contribution in [-0.4, -0.2) is 17.2 Å². The lowest BCUT2D eigenvalue weighted by atomic mass is 10.2. The molecule has 0 saturated carbocycles. The van der Waals surface area contributed by atoms with Gasteiger partial charge in [-0.1, -0.05) is 0 Å². The molecule has 0 aliphatic heterocycles. The van der Waals surface area contributed by atoms with Crippen molar-refractivity contribution in [3.63, 3.8) is 0 Å². The Bertz CT molecular complexity index is 384. The molecule has 1 aromatic carbocycles. The van der Waals surface area contributed by atoms with Crippen molar-refractivity contribution in [1.82, 2.24) is 4.98 Å². The third-order valence-electron chi connectivity index (χ3n) is 1.92. The number of nitrogens with zero attached hydrogens (tertiary/aromatic N) is 1. The Morgan fingerprint density at radius 3 is 3.08 bits per heavy atom. The molecule has 0 aliphatic rings. The molecule has 2 rings (SSSR count). The molecule has 0 saturated heterocycles. The van der Waals surface area contributed by atoms with Crippen LogP contribution >= 0.6 is 0 Å². The Morgan fingerprint density at radius 1 is 1.54 bits per heavy atom. The van der Waals surface area contributed by atoms with E-state index in [4.69, 9.17) is 14.3 Å². The molecule has 1 N–H and O–H groups in total. The van der Waals surface area contributed by atoms with Crippen molar-refractivity contribution in [3.05, 3.63) is 24.1 Å². The number of hydrogen-bond donors (Lipinski definition) is 1. The number of hydrogen-bond acceptors (Lipinski definition) is 4. The van der Waals surface area contributed by atoms with E-state index in [9.17, 15) is 0 Å². The normalized spacial score (nSPS) is 10.6. The van der Waals surface area contributed by atoms with E-state index in [1.165, 1.54) is 6.39 Å². The highest BCUT2D eigenvalue weighted by Crippen LogP contribution is 2.26. The number of benzene rings is 1. The third-order valence-corrected chi connectivity index (χ3v) is 1.92. The maximum atomic E-state index is 8.99. The Kier molecular flexibility index (Phi) is 1.90. The van der Waals surface area contributed by atoms with E-state index in [-0.39, 0.29) is 6.61 Å². The number of rotatable bonds is 2. The highest BCUT2D eigenvalue weighted by molar-refractivity contribution is 5.82. The highest BCUT2D eigenvalue weighted by Gasteiger charge is 2.09. The van der Waals surface area contributed by atoms with Gasteiger partial charge in [0, 0.05) is 5.56 Å². The van der Waals surface area contributed by atoms with Gasteiger partial charge in [0.15, 0.2) is 17.5 Å². The standard InChI is InChI=1S/C9H9NO3/c1-12-7-3-2-6(4-11)9-8(7)10-5-13-9/h2-3,5,11H,4H2,1H3. The maximum Gasteiger partial charge on any atom is 0.182 e. The fraction of sp³-hybridized carbons (Fsp3) is 0.222. The topological polar surface area (TPSA) is 55.5 Å². The molecule has 0 fully saturated rings. The third kappa shape index (κ3) is 1.15. The Morgan fingerprint density at radius 2 is 2.38 bits per heavy atom. The molecule has 0 aliphatic carbocycles. The van der Waals surface area contributed by atoms with Crippen molar-refractivity contribution in [2.24, 2.45) is 0 Å². The van der Waals surface area contributed by atoms with Crippen LogP contribution in [-0.2, 0) is 6.61 Å². The Balaban J connectivity index is 2.74. The summed E-state index contributed by atoms with van der Waals surface area (Å²) in [6.45, 7) is -0.0598. The SMILES string of the molecule is COc1ccc(CO)c2ocnc12. The van der Waals surface area contributed by atoms with Crippen molar-refractivity contribution in [2.45, 2.75) is 6.61 Å². The summed E-state index contributed by atoms with van der Waals surface area (Å²) < 4.78 is 10.2. The molecular weight excluding hydrogens is 170 g/mol. The van der Waals surface area contributed by atoms with Crippen molar-refractivity contribution in [1.29, 1.82) is 0 Å². The van der Waals surface area contributed by atoms with E-state index in [1.54, 1.807) is 19.2 Å². The van der Waals surface area contributed by atoms with Gasteiger partial charge < -0.3 is 14.3 Å². The Hall–Kier alpha value is -1.55. The van der Waals surface area contributed by atoms with Crippen LogP contribution < -0.4 is 4.74 Å². The molecule has 4 heteroatoms. The van der Waals surface area contributed by atoms with Crippen LogP contribution in [0.4, 0.5) is 0 Å². The predicted octanol–water partition coefficient (Wildman–Crippen LogP) is 1.33. The van der Waals surface area contributed by atoms with E-state index in [1.807, 2.05) is 0 Å². The lowest BCUT2D eigenvalue weighted by Crippen LogP contribution is -1.88. The van der Waals surface area contributed by atoms with Crippen LogP contribution in [0.25, 0.3) is 11.1 Å². The van der Waals surface area contributed by atoms with Gasteiger partial charge in [-0.2, -0.15) is 0 Å². The van der Waals surface area contributed by atoms with Crippen LogP contribution in [0.1, 0.15) is 5.56 Å². The molecule has 2 aromatic rings. The molecule has 0 radical (unpaired) electrons. The Labute approximate surface area is 74.8 Å². The molecular formula is C9H9NO3. The number of oxazole rings is 1. The summed E-state index contributed by atoms with van der Waals surface area (Å²) >= 11 is 0. The zero-order chi connectivity index (χ0) is 9.26. The zero-order valence-electron chi connectivity index (χ0n) is 7.15. The van der Waals surface area contributed by atoms with Gasteiger partial charge in [-0.3, -0.25) is 0 Å². The van der Waals surface area contributed by atoms with Crippen LogP contribution in [0.5, 0.6) is 5.75 Å². The summed E-state index contributed by atoms with van der Waals surface area (Å²) in [7, 11) is 1.57. The van der Waals surface area contributed by atoms with Gasteiger partial charge >= 0.3 is 0 Å². The van der Waals surface area contributed by atoms with Crippen LogP contribution in [0.3, 0.4) is 0 Å². The van der Waals surface area contributed by atoms with Gasteiger partial charge in [0.1, 0.15) is 5.75 Å². The molecule has 0 amide bonds. The van der Waals surface area contributed by atoms with Crippen molar-refractivity contribution in [3.8, 4) is 5.75 Å². The second kappa shape index (κ2) is 3.06. The van der Waals surface area contributed by atoms with Crippen molar-refractivity contribution >= 4 is 11.1 Å². The van der Waals surface area contributed by atoms with Gasteiger partial charge in [-0.05, 0) is 12.1 Å². The minimum atomic E-state index is -0.0598. The molecule has 1 aromatic heterocycles. The van der Waals surface area contributed by atoms with E-state index >= 15 is 0 Å². The lowest BCUT2D eigenvalue weighted by molar-refractivity contribution is 0.281. The van der Waals surface area contributed by atoms with Gasteiger partial charge in [-0.25, -0.2) is 4.98 Å². The summed E-state index contributed by atoms with van der Waals surface area (Å²) in [6, 6.07) is 3.52. The minimum absolute atomic E-state index is 0.0598. The molecule has 0 spiro atoms. The largest absolute Gasteiger partial charge is 0.494 e.